The summed E-state index contributed by atoms with van der Waals surface area (Å²) in [7, 11) is 0. The predicted octanol–water partition coefficient (Wildman–Crippen LogP) is 2.17. The normalized spacial score (nSPS) is 18.3. The average molecular weight is 249 g/mol. The van der Waals surface area contributed by atoms with Gasteiger partial charge in [-0.1, -0.05) is 17.7 Å². The molecule has 1 unspecified atom stereocenters. The molecule has 1 saturated heterocycles. The van der Waals surface area contributed by atoms with E-state index in [9.17, 15) is 9.90 Å². The van der Waals surface area contributed by atoms with E-state index in [0.717, 1.165) is 24.2 Å². The van der Waals surface area contributed by atoms with Crippen molar-refractivity contribution < 1.29 is 15.0 Å². The smallest absolute Gasteiger partial charge is 0.303 e. The maximum absolute atomic E-state index is 10.6. The molecule has 0 bridgehead atoms. The zero-order chi connectivity index (χ0) is 13.3. The van der Waals surface area contributed by atoms with E-state index in [4.69, 9.17) is 5.11 Å². The van der Waals surface area contributed by atoms with Crippen LogP contribution in [0.15, 0.2) is 18.2 Å². The average Bonchev–Trinajstić information content (AvgIpc) is 2.25. The molecular formula is C14H19NO3. The Morgan fingerprint density at radius 3 is 2.78 bits per heavy atom. The van der Waals surface area contributed by atoms with Crippen LogP contribution < -0.4 is 0 Å². The van der Waals surface area contributed by atoms with Crippen LogP contribution in [0.5, 0.6) is 5.75 Å². The molecule has 98 valence electrons. The van der Waals surface area contributed by atoms with Gasteiger partial charge in [0.15, 0.2) is 0 Å². The molecule has 1 fully saturated rings. The number of carbonyl (C=O) groups is 1. The minimum Gasteiger partial charge on any atom is -0.508 e. The summed E-state index contributed by atoms with van der Waals surface area (Å²) in [6.07, 6.45) is 0.239. The molecule has 2 N–H and O–H groups in total. The number of hydrogen-bond donors (Lipinski definition) is 2. The van der Waals surface area contributed by atoms with Crippen molar-refractivity contribution in [2.24, 2.45) is 5.92 Å². The summed E-state index contributed by atoms with van der Waals surface area (Å²) in [6, 6.07) is 5.73. The Morgan fingerprint density at radius 1 is 1.50 bits per heavy atom. The molecule has 0 aromatic heterocycles. The summed E-state index contributed by atoms with van der Waals surface area (Å²) in [6.45, 7) is 5.63. The first-order chi connectivity index (χ1) is 8.47. The third-order valence-corrected chi connectivity index (χ3v) is 3.63. The molecule has 0 spiro atoms. The van der Waals surface area contributed by atoms with Crippen LogP contribution >= 0.6 is 0 Å². The zero-order valence-corrected chi connectivity index (χ0v) is 10.8. The summed E-state index contributed by atoms with van der Waals surface area (Å²) < 4.78 is 0. The Kier molecular flexibility index (Phi) is 3.57. The lowest BCUT2D eigenvalue weighted by Gasteiger charge is -2.43. The Morgan fingerprint density at radius 2 is 2.17 bits per heavy atom. The lowest BCUT2D eigenvalue weighted by atomic mass is 9.92. The first-order valence-electron chi connectivity index (χ1n) is 6.22. The molecule has 0 aliphatic carbocycles. The standard InChI is InChI=1S/C14H19NO3/c1-9-3-4-13(16)12(5-9)10(2)15-7-11(8-15)6-14(17)18/h3-5,10-11,16H,6-8H2,1-2H3,(H,17,18). The highest BCUT2D eigenvalue weighted by Gasteiger charge is 2.32. The van der Waals surface area contributed by atoms with Crippen LogP contribution in [0.25, 0.3) is 0 Å². The van der Waals surface area contributed by atoms with Gasteiger partial charge in [-0.3, -0.25) is 9.69 Å². The van der Waals surface area contributed by atoms with Crippen LogP contribution in [-0.2, 0) is 4.79 Å². The molecule has 18 heavy (non-hydrogen) atoms. The Balaban J connectivity index is 1.99. The highest BCUT2D eigenvalue weighted by Crippen LogP contribution is 2.34. The number of phenolic OH excluding ortho intramolecular Hbond substituents is 1. The number of aryl methyl sites for hydroxylation is 1. The van der Waals surface area contributed by atoms with E-state index < -0.39 is 5.97 Å². The topological polar surface area (TPSA) is 60.8 Å². The van der Waals surface area contributed by atoms with Gasteiger partial charge < -0.3 is 10.2 Å². The van der Waals surface area contributed by atoms with Crippen LogP contribution in [0.4, 0.5) is 0 Å². The second-order valence-corrected chi connectivity index (χ2v) is 5.16. The maximum atomic E-state index is 10.6. The van der Waals surface area contributed by atoms with Gasteiger partial charge >= 0.3 is 5.97 Å². The van der Waals surface area contributed by atoms with Crippen LogP contribution in [0.1, 0.15) is 30.5 Å². The van der Waals surface area contributed by atoms with E-state index in [1.54, 1.807) is 6.07 Å². The van der Waals surface area contributed by atoms with Gasteiger partial charge in [-0.2, -0.15) is 0 Å². The molecule has 0 amide bonds. The van der Waals surface area contributed by atoms with Gasteiger partial charge in [0.1, 0.15) is 5.75 Å². The molecule has 0 radical (unpaired) electrons. The van der Waals surface area contributed by atoms with E-state index in [1.807, 2.05) is 26.0 Å². The van der Waals surface area contributed by atoms with Crippen molar-refractivity contribution in [3.05, 3.63) is 29.3 Å². The van der Waals surface area contributed by atoms with E-state index in [2.05, 4.69) is 4.90 Å². The minimum atomic E-state index is -0.731. The lowest BCUT2D eigenvalue weighted by molar-refractivity contribution is -0.139. The summed E-state index contributed by atoms with van der Waals surface area (Å²) in [5.74, 6) is -0.169. The van der Waals surface area contributed by atoms with Crippen LogP contribution in [0.3, 0.4) is 0 Å². The summed E-state index contributed by atoms with van der Waals surface area (Å²) in [5, 5.41) is 18.6. The second-order valence-electron chi connectivity index (χ2n) is 5.16. The van der Waals surface area contributed by atoms with Crippen molar-refractivity contribution in [2.45, 2.75) is 26.3 Å². The SMILES string of the molecule is Cc1ccc(O)c(C(C)N2CC(CC(=O)O)C2)c1. The van der Waals surface area contributed by atoms with Gasteiger partial charge in [-0.05, 0) is 25.8 Å². The Bertz CT molecular complexity index is 452. The van der Waals surface area contributed by atoms with E-state index in [-0.39, 0.29) is 18.4 Å². The first kappa shape index (κ1) is 12.9. The van der Waals surface area contributed by atoms with E-state index >= 15 is 0 Å². The van der Waals surface area contributed by atoms with E-state index in [1.165, 1.54) is 0 Å². The molecule has 1 aromatic rings. The molecule has 1 heterocycles. The number of nitrogens with zero attached hydrogens (tertiary/aromatic N) is 1. The highest BCUT2D eigenvalue weighted by atomic mass is 16.4. The van der Waals surface area contributed by atoms with Crippen molar-refractivity contribution in [3.8, 4) is 5.75 Å². The number of phenols is 1. The number of aliphatic carboxylic acids is 1. The molecule has 0 saturated carbocycles. The second kappa shape index (κ2) is 4.98. The largest absolute Gasteiger partial charge is 0.508 e. The van der Waals surface area contributed by atoms with Gasteiger partial charge in [0.2, 0.25) is 0 Å². The number of carboxylic acids is 1. The molecule has 4 nitrogen and oxygen atoms in total. The van der Waals surface area contributed by atoms with Crippen molar-refractivity contribution in [3.63, 3.8) is 0 Å². The fourth-order valence-corrected chi connectivity index (χ4v) is 2.51. The van der Waals surface area contributed by atoms with Gasteiger partial charge in [0, 0.05) is 24.7 Å². The lowest BCUT2D eigenvalue weighted by Crippen LogP contribution is -2.48. The highest BCUT2D eigenvalue weighted by molar-refractivity contribution is 5.67. The molecule has 4 heteroatoms. The third kappa shape index (κ3) is 2.64. The molecular weight excluding hydrogens is 230 g/mol. The number of likely N-dealkylation sites (tertiary alicyclic amines) is 1. The van der Waals surface area contributed by atoms with Crippen LogP contribution in [0.2, 0.25) is 0 Å². The summed E-state index contributed by atoms with van der Waals surface area (Å²) in [5.41, 5.74) is 2.04. The molecule has 1 aromatic carbocycles. The summed E-state index contributed by atoms with van der Waals surface area (Å²) in [4.78, 5) is 12.8. The van der Waals surface area contributed by atoms with Crippen molar-refractivity contribution in [1.82, 2.24) is 4.90 Å². The fraction of sp³-hybridized carbons (Fsp3) is 0.500. The van der Waals surface area contributed by atoms with E-state index in [0.29, 0.717) is 5.75 Å². The van der Waals surface area contributed by atoms with Gasteiger partial charge in [-0.25, -0.2) is 0 Å². The quantitative estimate of drug-likeness (QED) is 0.858. The Labute approximate surface area is 107 Å². The van der Waals surface area contributed by atoms with Crippen molar-refractivity contribution in [2.75, 3.05) is 13.1 Å². The van der Waals surface area contributed by atoms with Crippen molar-refractivity contribution in [1.29, 1.82) is 0 Å². The number of benzene rings is 1. The molecule has 1 atom stereocenters. The van der Waals surface area contributed by atoms with Crippen molar-refractivity contribution >= 4 is 5.97 Å². The number of aromatic hydroxyl groups is 1. The molecule has 2 rings (SSSR count). The maximum Gasteiger partial charge on any atom is 0.303 e. The zero-order valence-electron chi connectivity index (χ0n) is 10.8. The molecule has 1 aliphatic heterocycles. The third-order valence-electron chi connectivity index (χ3n) is 3.63. The summed E-state index contributed by atoms with van der Waals surface area (Å²) >= 11 is 0. The first-order valence-corrected chi connectivity index (χ1v) is 6.22. The number of hydrogen-bond acceptors (Lipinski definition) is 3. The number of rotatable bonds is 4. The van der Waals surface area contributed by atoms with Crippen LogP contribution in [-0.4, -0.2) is 34.2 Å². The predicted molar refractivity (Wildman–Crippen MR) is 68.6 cm³/mol. The fourth-order valence-electron chi connectivity index (χ4n) is 2.51. The Hall–Kier alpha value is -1.55. The van der Waals surface area contributed by atoms with Crippen LogP contribution in [0, 0.1) is 12.8 Å². The van der Waals surface area contributed by atoms with Gasteiger partial charge in [0.05, 0.1) is 6.42 Å². The monoisotopic (exact) mass is 249 g/mol. The molecule has 1 aliphatic rings. The van der Waals surface area contributed by atoms with Gasteiger partial charge in [0.25, 0.3) is 0 Å². The van der Waals surface area contributed by atoms with Gasteiger partial charge in [-0.15, -0.1) is 0 Å². The minimum absolute atomic E-state index is 0.134. The number of carboxylic acid groups (broad SMARTS) is 1.